The Bertz CT molecular complexity index is 240. The number of nitrogens with zero attached hydrogens (tertiary/aromatic N) is 1. The second kappa shape index (κ2) is 3.82. The lowest BCUT2D eigenvalue weighted by molar-refractivity contribution is 0.202. The maximum Gasteiger partial charge on any atom is 0.415 e. The van der Waals surface area contributed by atoms with Crippen LogP contribution in [0.5, 0.6) is 0 Å². The molecule has 0 spiro atoms. The van der Waals surface area contributed by atoms with Gasteiger partial charge in [0.2, 0.25) is 0 Å². The predicted octanol–water partition coefficient (Wildman–Crippen LogP) is 1.36. The fourth-order valence-corrected chi connectivity index (χ4v) is 0.955. The van der Waals surface area contributed by atoms with Crippen molar-refractivity contribution < 1.29 is 9.90 Å². The standard InChI is InChI=1S/C6H6N2O2S/c9-6(10)8-11-5-3-1-2-4-7-5/h1-4,8H,(H,9,10). The third-order valence-corrected chi connectivity index (χ3v) is 1.61. The molecule has 1 rings (SSSR count). The van der Waals surface area contributed by atoms with Gasteiger partial charge in [0.15, 0.2) is 0 Å². The number of amides is 1. The second-order valence-electron chi connectivity index (χ2n) is 1.68. The van der Waals surface area contributed by atoms with Crippen LogP contribution in [0, 0.1) is 0 Å². The molecule has 1 heterocycles. The molecule has 4 nitrogen and oxygen atoms in total. The minimum absolute atomic E-state index is 0.634. The fraction of sp³-hybridized carbons (Fsp3) is 0. The molecule has 11 heavy (non-hydrogen) atoms. The Hall–Kier alpha value is -1.23. The summed E-state index contributed by atoms with van der Waals surface area (Å²) in [6.45, 7) is 0. The number of aromatic nitrogens is 1. The quantitative estimate of drug-likeness (QED) is 0.658. The zero-order valence-corrected chi connectivity index (χ0v) is 6.34. The van der Waals surface area contributed by atoms with Crippen LogP contribution in [0.2, 0.25) is 0 Å². The normalized spacial score (nSPS) is 9.09. The molecule has 0 radical (unpaired) electrons. The number of hydrogen-bond acceptors (Lipinski definition) is 3. The molecular formula is C6H6N2O2S. The Morgan fingerprint density at radius 1 is 1.64 bits per heavy atom. The van der Waals surface area contributed by atoms with Crippen molar-refractivity contribution in [3.05, 3.63) is 24.4 Å². The van der Waals surface area contributed by atoms with Crippen molar-refractivity contribution in [3.63, 3.8) is 0 Å². The molecule has 1 aromatic heterocycles. The minimum atomic E-state index is -1.07. The van der Waals surface area contributed by atoms with Crippen molar-refractivity contribution in [2.45, 2.75) is 5.03 Å². The molecule has 0 bridgehead atoms. The molecule has 58 valence electrons. The Morgan fingerprint density at radius 2 is 2.45 bits per heavy atom. The number of rotatable bonds is 2. The first-order chi connectivity index (χ1) is 5.29. The van der Waals surface area contributed by atoms with Gasteiger partial charge in [-0.05, 0) is 12.1 Å². The van der Waals surface area contributed by atoms with E-state index in [1.54, 1.807) is 24.4 Å². The SMILES string of the molecule is O=C(O)NSc1ccccn1. The average Bonchev–Trinajstić information content (AvgIpc) is 2.03. The van der Waals surface area contributed by atoms with Crippen molar-refractivity contribution in [3.8, 4) is 0 Å². The summed E-state index contributed by atoms with van der Waals surface area (Å²) >= 11 is 0.968. The number of pyridine rings is 1. The lowest BCUT2D eigenvalue weighted by Crippen LogP contribution is -2.11. The summed E-state index contributed by atoms with van der Waals surface area (Å²) in [7, 11) is 0. The molecule has 0 saturated heterocycles. The summed E-state index contributed by atoms with van der Waals surface area (Å²) in [6, 6.07) is 5.28. The maximum absolute atomic E-state index is 10.0. The highest BCUT2D eigenvalue weighted by atomic mass is 32.2. The number of nitrogens with one attached hydrogen (secondary N) is 1. The van der Waals surface area contributed by atoms with E-state index in [0.717, 1.165) is 11.9 Å². The van der Waals surface area contributed by atoms with Crippen molar-refractivity contribution >= 4 is 18.0 Å². The van der Waals surface area contributed by atoms with Crippen LogP contribution in [0.4, 0.5) is 4.79 Å². The molecule has 0 aromatic carbocycles. The van der Waals surface area contributed by atoms with Gasteiger partial charge in [-0.1, -0.05) is 6.07 Å². The zero-order chi connectivity index (χ0) is 8.10. The van der Waals surface area contributed by atoms with Crippen molar-refractivity contribution in [1.82, 2.24) is 9.71 Å². The van der Waals surface area contributed by atoms with Gasteiger partial charge in [0.05, 0.1) is 0 Å². The van der Waals surface area contributed by atoms with Crippen LogP contribution in [-0.4, -0.2) is 16.2 Å². The van der Waals surface area contributed by atoms with E-state index in [1.165, 1.54) is 0 Å². The Balaban J connectivity index is 2.45. The molecule has 0 saturated carbocycles. The van der Waals surface area contributed by atoms with Crippen LogP contribution in [0.15, 0.2) is 29.4 Å². The number of carboxylic acid groups (broad SMARTS) is 1. The van der Waals surface area contributed by atoms with Crippen molar-refractivity contribution in [2.24, 2.45) is 0 Å². The number of hydrogen-bond donors (Lipinski definition) is 2. The zero-order valence-electron chi connectivity index (χ0n) is 5.52. The van der Waals surface area contributed by atoms with Crippen LogP contribution in [0.25, 0.3) is 0 Å². The first-order valence-corrected chi connectivity index (χ1v) is 3.67. The summed E-state index contributed by atoms with van der Waals surface area (Å²) in [5.41, 5.74) is 0. The van der Waals surface area contributed by atoms with Crippen LogP contribution in [0.3, 0.4) is 0 Å². The molecule has 0 aliphatic rings. The summed E-state index contributed by atoms with van der Waals surface area (Å²) in [6.07, 6.45) is 0.534. The van der Waals surface area contributed by atoms with E-state index in [9.17, 15) is 4.79 Å². The van der Waals surface area contributed by atoms with Gasteiger partial charge in [0.25, 0.3) is 0 Å². The van der Waals surface area contributed by atoms with E-state index in [1.807, 2.05) is 0 Å². The Morgan fingerprint density at radius 3 is 3.00 bits per heavy atom. The molecule has 0 unspecified atom stereocenters. The Kier molecular flexibility index (Phi) is 2.74. The molecule has 0 aliphatic heterocycles. The maximum atomic E-state index is 10.0. The summed E-state index contributed by atoms with van der Waals surface area (Å²) < 4.78 is 2.13. The highest BCUT2D eigenvalue weighted by molar-refractivity contribution is 7.97. The summed E-state index contributed by atoms with van der Waals surface area (Å²) in [5.74, 6) is 0. The molecule has 1 amide bonds. The lowest BCUT2D eigenvalue weighted by atomic mass is 10.5. The largest absolute Gasteiger partial charge is 0.464 e. The van der Waals surface area contributed by atoms with E-state index in [0.29, 0.717) is 5.03 Å². The van der Waals surface area contributed by atoms with Gasteiger partial charge in [0.1, 0.15) is 5.03 Å². The summed E-state index contributed by atoms with van der Waals surface area (Å²) in [4.78, 5) is 13.9. The summed E-state index contributed by atoms with van der Waals surface area (Å²) in [5, 5.41) is 8.85. The fourth-order valence-electron chi connectivity index (χ4n) is 0.503. The van der Waals surface area contributed by atoms with Crippen molar-refractivity contribution in [2.75, 3.05) is 0 Å². The molecule has 0 aliphatic carbocycles. The molecule has 0 atom stereocenters. The molecule has 0 fully saturated rings. The van der Waals surface area contributed by atoms with E-state index in [2.05, 4.69) is 9.71 Å². The monoisotopic (exact) mass is 170 g/mol. The molecule has 2 N–H and O–H groups in total. The third-order valence-electron chi connectivity index (χ3n) is 0.881. The van der Waals surface area contributed by atoms with Crippen LogP contribution >= 0.6 is 11.9 Å². The van der Waals surface area contributed by atoms with Gasteiger partial charge in [-0.2, -0.15) is 0 Å². The van der Waals surface area contributed by atoms with Gasteiger partial charge >= 0.3 is 6.09 Å². The highest BCUT2D eigenvalue weighted by Gasteiger charge is 1.96. The van der Waals surface area contributed by atoms with Gasteiger partial charge in [-0.3, -0.25) is 4.72 Å². The van der Waals surface area contributed by atoms with E-state index < -0.39 is 6.09 Å². The van der Waals surface area contributed by atoms with Gasteiger partial charge in [0, 0.05) is 18.1 Å². The van der Waals surface area contributed by atoms with Crippen molar-refractivity contribution in [1.29, 1.82) is 0 Å². The number of carbonyl (C=O) groups is 1. The third kappa shape index (κ3) is 2.90. The topological polar surface area (TPSA) is 62.2 Å². The van der Waals surface area contributed by atoms with E-state index in [-0.39, 0.29) is 0 Å². The molecular weight excluding hydrogens is 164 g/mol. The van der Waals surface area contributed by atoms with E-state index in [4.69, 9.17) is 5.11 Å². The van der Waals surface area contributed by atoms with Gasteiger partial charge in [-0.15, -0.1) is 0 Å². The van der Waals surface area contributed by atoms with Crippen LogP contribution in [0.1, 0.15) is 0 Å². The second-order valence-corrected chi connectivity index (χ2v) is 2.50. The first kappa shape index (κ1) is 7.87. The molecule has 1 aromatic rings. The van der Waals surface area contributed by atoms with Gasteiger partial charge < -0.3 is 5.11 Å². The highest BCUT2D eigenvalue weighted by Crippen LogP contribution is 2.08. The van der Waals surface area contributed by atoms with E-state index >= 15 is 0 Å². The molecule has 5 heteroatoms. The Labute approximate surface area is 67.8 Å². The first-order valence-electron chi connectivity index (χ1n) is 2.86. The van der Waals surface area contributed by atoms with Crippen LogP contribution < -0.4 is 4.72 Å². The lowest BCUT2D eigenvalue weighted by Gasteiger charge is -1.96. The van der Waals surface area contributed by atoms with Crippen LogP contribution in [-0.2, 0) is 0 Å². The average molecular weight is 170 g/mol. The smallest absolute Gasteiger partial charge is 0.415 e. The minimum Gasteiger partial charge on any atom is -0.464 e. The van der Waals surface area contributed by atoms with Gasteiger partial charge in [-0.25, -0.2) is 9.78 Å². The predicted molar refractivity (Wildman–Crippen MR) is 41.3 cm³/mol.